The van der Waals surface area contributed by atoms with Gasteiger partial charge in [-0.1, -0.05) is 23.2 Å². The van der Waals surface area contributed by atoms with Gasteiger partial charge >= 0.3 is 0 Å². The number of hydrogen-bond donors (Lipinski definition) is 1. The number of rotatable bonds is 3. The Morgan fingerprint density at radius 2 is 2.08 bits per heavy atom. The third-order valence-electron chi connectivity index (χ3n) is 4.40. The van der Waals surface area contributed by atoms with Gasteiger partial charge in [-0.05, 0) is 6.07 Å². The first-order valence-corrected chi connectivity index (χ1v) is 8.62. The van der Waals surface area contributed by atoms with E-state index in [-0.39, 0.29) is 30.9 Å². The van der Waals surface area contributed by atoms with E-state index in [2.05, 4.69) is 24.8 Å². The van der Waals surface area contributed by atoms with Crippen LogP contribution in [0.2, 0.25) is 10.0 Å². The van der Waals surface area contributed by atoms with Gasteiger partial charge in [0.05, 0.1) is 21.8 Å². The first-order valence-electron chi connectivity index (χ1n) is 7.86. The van der Waals surface area contributed by atoms with Crippen molar-refractivity contribution in [3.63, 3.8) is 0 Å². The fourth-order valence-corrected chi connectivity index (χ4v) is 3.78. The van der Waals surface area contributed by atoms with Gasteiger partial charge in [-0.15, -0.1) is 24.8 Å². The largest absolute Gasteiger partial charge is 0.337 e. The summed E-state index contributed by atoms with van der Waals surface area (Å²) in [5, 5.41) is 4.62. The van der Waals surface area contributed by atoms with Crippen molar-refractivity contribution in [1.82, 2.24) is 29.2 Å². The normalized spacial score (nSPS) is 17.7. The second kappa shape index (κ2) is 8.78. The summed E-state index contributed by atoms with van der Waals surface area (Å²) >= 11 is 12.3. The predicted octanol–water partition coefficient (Wildman–Crippen LogP) is 3.36. The van der Waals surface area contributed by atoms with Crippen LogP contribution in [0.5, 0.6) is 0 Å². The van der Waals surface area contributed by atoms with E-state index in [0.717, 1.165) is 43.3 Å². The summed E-state index contributed by atoms with van der Waals surface area (Å²) in [5.41, 5.74) is 1.71. The topological polar surface area (TPSA) is 50.4 Å². The molecule has 1 N–H and O–H groups in total. The number of fused-ring (bicyclic) bond motifs is 1. The molecular formula is C16H20Cl4N6. The van der Waals surface area contributed by atoms with Crippen LogP contribution >= 0.6 is 48.0 Å². The van der Waals surface area contributed by atoms with Crippen LogP contribution in [-0.4, -0.2) is 43.5 Å². The van der Waals surface area contributed by atoms with Crippen LogP contribution in [0.3, 0.4) is 0 Å². The molecule has 4 rings (SSSR count). The van der Waals surface area contributed by atoms with E-state index in [1.807, 2.05) is 36.2 Å². The number of piperazine rings is 1. The van der Waals surface area contributed by atoms with Crippen LogP contribution < -0.4 is 5.32 Å². The molecule has 26 heavy (non-hydrogen) atoms. The van der Waals surface area contributed by atoms with Crippen LogP contribution in [0.15, 0.2) is 30.9 Å². The maximum atomic E-state index is 6.24. The van der Waals surface area contributed by atoms with E-state index >= 15 is 0 Å². The molecule has 0 bridgehead atoms. The average molecular weight is 438 g/mol. The van der Waals surface area contributed by atoms with Gasteiger partial charge in [-0.3, -0.25) is 4.90 Å². The van der Waals surface area contributed by atoms with Crippen LogP contribution in [-0.2, 0) is 13.6 Å². The predicted molar refractivity (Wildman–Crippen MR) is 109 cm³/mol. The number of nitrogens with one attached hydrogen (secondary N) is 1. The summed E-state index contributed by atoms with van der Waals surface area (Å²) in [7, 11) is 2.03. The fraction of sp³-hybridized carbons (Fsp3) is 0.375. The minimum atomic E-state index is 0. The van der Waals surface area contributed by atoms with E-state index in [9.17, 15) is 0 Å². The maximum absolute atomic E-state index is 6.24. The smallest absolute Gasteiger partial charge is 0.156 e. The molecule has 0 aromatic carbocycles. The van der Waals surface area contributed by atoms with Gasteiger partial charge in [-0.2, -0.15) is 0 Å². The van der Waals surface area contributed by atoms with Crippen LogP contribution in [0.1, 0.15) is 17.6 Å². The van der Waals surface area contributed by atoms with Gasteiger partial charge in [0.1, 0.15) is 5.82 Å². The van der Waals surface area contributed by atoms with Gasteiger partial charge in [0.15, 0.2) is 5.65 Å². The second-order valence-corrected chi connectivity index (χ2v) is 6.90. The number of aryl methyl sites for hydroxylation is 1. The highest BCUT2D eigenvalue weighted by molar-refractivity contribution is 6.36. The van der Waals surface area contributed by atoms with Crippen LogP contribution in [0.25, 0.3) is 5.65 Å². The van der Waals surface area contributed by atoms with Crippen molar-refractivity contribution < 1.29 is 0 Å². The van der Waals surface area contributed by atoms with E-state index in [0.29, 0.717) is 10.0 Å². The van der Waals surface area contributed by atoms with E-state index < -0.39 is 0 Å². The number of aromatic nitrogens is 4. The average Bonchev–Trinajstić information content (AvgIpc) is 3.14. The van der Waals surface area contributed by atoms with Gasteiger partial charge in [0.25, 0.3) is 0 Å². The molecule has 4 heterocycles. The van der Waals surface area contributed by atoms with Crippen LogP contribution in [0.4, 0.5) is 0 Å². The molecule has 1 saturated heterocycles. The highest BCUT2D eigenvalue weighted by Gasteiger charge is 2.27. The summed E-state index contributed by atoms with van der Waals surface area (Å²) in [6.45, 7) is 3.53. The van der Waals surface area contributed by atoms with Crippen molar-refractivity contribution in [3.05, 3.63) is 52.4 Å². The summed E-state index contributed by atoms with van der Waals surface area (Å²) < 4.78 is 3.96. The summed E-state index contributed by atoms with van der Waals surface area (Å²) in [6, 6.07) is 1.94. The number of pyridine rings is 1. The Labute approximate surface area is 174 Å². The molecule has 3 aromatic heterocycles. The molecule has 1 atom stereocenters. The summed E-state index contributed by atoms with van der Waals surface area (Å²) in [6.07, 6.45) is 7.64. The SMILES string of the molecule is Cl.Cl.Cn1ccnc1C1CNCCN1Cc1cn2cc(Cl)cc(Cl)c2n1. The zero-order valence-electron chi connectivity index (χ0n) is 14.1. The molecule has 1 aliphatic heterocycles. The van der Waals surface area contributed by atoms with Gasteiger partial charge in [-0.25, -0.2) is 9.97 Å². The lowest BCUT2D eigenvalue weighted by molar-refractivity contribution is 0.143. The lowest BCUT2D eigenvalue weighted by atomic mass is 10.1. The van der Waals surface area contributed by atoms with Crippen molar-refractivity contribution in [2.75, 3.05) is 19.6 Å². The van der Waals surface area contributed by atoms with Crippen molar-refractivity contribution in [1.29, 1.82) is 0 Å². The Bertz CT molecular complexity index is 877. The van der Waals surface area contributed by atoms with Crippen LogP contribution in [0, 0.1) is 0 Å². The molecule has 0 spiro atoms. The maximum Gasteiger partial charge on any atom is 0.156 e. The summed E-state index contributed by atoms with van der Waals surface area (Å²) in [5.74, 6) is 1.06. The Balaban J connectivity index is 0.00000121. The molecule has 3 aromatic rings. The zero-order valence-corrected chi connectivity index (χ0v) is 17.2. The molecule has 142 valence electrons. The lowest BCUT2D eigenvalue weighted by Gasteiger charge is -2.35. The number of halogens is 4. The third kappa shape index (κ3) is 4.11. The highest BCUT2D eigenvalue weighted by Crippen LogP contribution is 2.25. The molecule has 0 aliphatic carbocycles. The molecule has 0 amide bonds. The molecule has 0 radical (unpaired) electrons. The van der Waals surface area contributed by atoms with Crippen molar-refractivity contribution >= 4 is 53.7 Å². The third-order valence-corrected chi connectivity index (χ3v) is 4.88. The lowest BCUT2D eigenvalue weighted by Crippen LogP contribution is -2.46. The zero-order chi connectivity index (χ0) is 16.7. The fourth-order valence-electron chi connectivity index (χ4n) is 3.25. The van der Waals surface area contributed by atoms with Crippen molar-refractivity contribution in [2.45, 2.75) is 12.6 Å². The Hall–Kier alpha value is -1.02. The molecule has 1 unspecified atom stereocenters. The highest BCUT2D eigenvalue weighted by atomic mass is 35.5. The molecule has 1 aliphatic rings. The Morgan fingerprint density at radius 3 is 2.81 bits per heavy atom. The van der Waals surface area contributed by atoms with Crippen molar-refractivity contribution in [2.24, 2.45) is 7.05 Å². The molecule has 10 heteroatoms. The van der Waals surface area contributed by atoms with E-state index in [4.69, 9.17) is 23.2 Å². The summed E-state index contributed by atoms with van der Waals surface area (Å²) in [4.78, 5) is 11.6. The first kappa shape index (κ1) is 21.3. The molecular weight excluding hydrogens is 418 g/mol. The minimum Gasteiger partial charge on any atom is -0.337 e. The molecule has 0 saturated carbocycles. The quantitative estimate of drug-likeness (QED) is 0.682. The standard InChI is InChI=1S/C16H18Cl2N6.2ClH/c1-22-4-3-20-16(22)14-7-19-2-5-23(14)9-12-10-24-8-11(17)6-13(18)15(24)21-12;;/h3-4,6,8,10,14,19H,2,5,7,9H2,1H3;2*1H. The van der Waals surface area contributed by atoms with Gasteiger partial charge in [0, 0.05) is 58.0 Å². The first-order chi connectivity index (χ1) is 11.6. The second-order valence-electron chi connectivity index (χ2n) is 6.06. The van der Waals surface area contributed by atoms with Crippen molar-refractivity contribution in [3.8, 4) is 0 Å². The van der Waals surface area contributed by atoms with E-state index in [1.54, 1.807) is 6.07 Å². The minimum absolute atomic E-state index is 0. The number of hydrogen-bond acceptors (Lipinski definition) is 4. The van der Waals surface area contributed by atoms with Gasteiger partial charge in [0.2, 0.25) is 0 Å². The number of nitrogens with zero attached hydrogens (tertiary/aromatic N) is 5. The molecule has 6 nitrogen and oxygen atoms in total. The molecule has 1 fully saturated rings. The number of imidazole rings is 2. The Morgan fingerprint density at radius 1 is 1.27 bits per heavy atom. The monoisotopic (exact) mass is 436 g/mol. The Kier molecular flexibility index (Phi) is 7.19. The van der Waals surface area contributed by atoms with Gasteiger partial charge < -0.3 is 14.3 Å². The van der Waals surface area contributed by atoms with E-state index in [1.165, 1.54) is 0 Å².